The fourth-order valence-corrected chi connectivity index (χ4v) is 2.29. The highest BCUT2D eigenvalue weighted by Crippen LogP contribution is 2.25. The molecular weight excluding hydrogens is 278 g/mol. The van der Waals surface area contributed by atoms with Crippen molar-refractivity contribution in [2.45, 2.75) is 20.8 Å². The number of hydrogen-bond donors (Lipinski definition) is 0. The van der Waals surface area contributed by atoms with Gasteiger partial charge in [0.2, 0.25) is 5.28 Å². The summed E-state index contributed by atoms with van der Waals surface area (Å²) in [6, 6.07) is 0. The molecule has 110 valence electrons. The third-order valence-electron chi connectivity index (χ3n) is 3.21. The number of imidazole rings is 1. The van der Waals surface area contributed by atoms with Crippen molar-refractivity contribution in [1.82, 2.24) is 19.5 Å². The Balaban J connectivity index is 0.000000704. The topological polar surface area (TPSA) is 56.1 Å². The summed E-state index contributed by atoms with van der Waals surface area (Å²) in [5.74, 6) is 1.70. The van der Waals surface area contributed by atoms with Gasteiger partial charge in [0.1, 0.15) is 5.82 Å². The van der Waals surface area contributed by atoms with Crippen LogP contribution in [-0.2, 0) is 11.8 Å². The van der Waals surface area contributed by atoms with E-state index in [9.17, 15) is 0 Å². The number of aryl methyl sites for hydroxylation is 2. The van der Waals surface area contributed by atoms with Crippen LogP contribution < -0.4 is 4.90 Å². The van der Waals surface area contributed by atoms with Gasteiger partial charge in [-0.2, -0.15) is 9.97 Å². The van der Waals surface area contributed by atoms with E-state index in [2.05, 4.69) is 19.9 Å². The monoisotopic (exact) mass is 297 g/mol. The van der Waals surface area contributed by atoms with Gasteiger partial charge in [-0.3, -0.25) is 0 Å². The molecule has 3 rings (SSSR count). The maximum absolute atomic E-state index is 6.00. The first-order chi connectivity index (χ1) is 9.66. The average molecular weight is 298 g/mol. The predicted molar refractivity (Wildman–Crippen MR) is 80.4 cm³/mol. The second kappa shape index (κ2) is 6.37. The third kappa shape index (κ3) is 2.71. The van der Waals surface area contributed by atoms with Crippen molar-refractivity contribution in [3.63, 3.8) is 0 Å². The summed E-state index contributed by atoms with van der Waals surface area (Å²) in [5.41, 5.74) is 1.58. The number of nitrogens with zero attached hydrogens (tertiary/aromatic N) is 5. The lowest BCUT2D eigenvalue weighted by Gasteiger charge is -2.27. The maximum Gasteiger partial charge on any atom is 0.226 e. The van der Waals surface area contributed by atoms with Gasteiger partial charge in [-0.05, 0) is 18.5 Å². The first-order valence-corrected chi connectivity index (χ1v) is 7.24. The molecule has 3 heterocycles. The number of hydrogen-bond acceptors (Lipinski definition) is 5. The second-order valence-electron chi connectivity index (χ2n) is 4.31. The van der Waals surface area contributed by atoms with Gasteiger partial charge in [0, 0.05) is 20.1 Å². The van der Waals surface area contributed by atoms with E-state index in [1.54, 1.807) is 0 Å². The van der Waals surface area contributed by atoms with Crippen LogP contribution in [0.5, 0.6) is 0 Å². The lowest BCUT2D eigenvalue weighted by Crippen LogP contribution is -2.37. The quantitative estimate of drug-likeness (QED) is 0.755. The first-order valence-electron chi connectivity index (χ1n) is 6.86. The Morgan fingerprint density at radius 3 is 2.40 bits per heavy atom. The van der Waals surface area contributed by atoms with Crippen molar-refractivity contribution in [3.05, 3.63) is 11.1 Å². The molecule has 1 fully saturated rings. The molecule has 1 aliphatic heterocycles. The molecule has 2 aromatic rings. The SMILES string of the molecule is CC.Cc1nc2c(N3CCOCC3)nc(Cl)nc2n1C. The largest absolute Gasteiger partial charge is 0.378 e. The molecule has 6 nitrogen and oxygen atoms in total. The molecule has 2 aromatic heterocycles. The van der Waals surface area contributed by atoms with E-state index < -0.39 is 0 Å². The summed E-state index contributed by atoms with van der Waals surface area (Å²) in [4.78, 5) is 15.2. The summed E-state index contributed by atoms with van der Waals surface area (Å²) < 4.78 is 7.27. The van der Waals surface area contributed by atoms with Crippen LogP contribution in [0.25, 0.3) is 11.2 Å². The average Bonchev–Trinajstić information content (AvgIpc) is 2.77. The van der Waals surface area contributed by atoms with Crippen LogP contribution in [0.3, 0.4) is 0 Å². The van der Waals surface area contributed by atoms with Crippen LogP contribution in [0.2, 0.25) is 5.28 Å². The molecule has 0 bridgehead atoms. The van der Waals surface area contributed by atoms with E-state index in [4.69, 9.17) is 16.3 Å². The van der Waals surface area contributed by atoms with Gasteiger partial charge < -0.3 is 14.2 Å². The molecule has 0 N–H and O–H groups in total. The summed E-state index contributed by atoms with van der Waals surface area (Å²) in [6.45, 7) is 8.96. The highest BCUT2D eigenvalue weighted by atomic mass is 35.5. The van der Waals surface area contributed by atoms with E-state index in [0.29, 0.717) is 13.2 Å². The number of halogens is 1. The van der Waals surface area contributed by atoms with Gasteiger partial charge in [-0.1, -0.05) is 13.8 Å². The van der Waals surface area contributed by atoms with Crippen molar-refractivity contribution in [2.75, 3.05) is 31.2 Å². The molecule has 0 unspecified atom stereocenters. The highest BCUT2D eigenvalue weighted by Gasteiger charge is 2.20. The van der Waals surface area contributed by atoms with Crippen LogP contribution in [0.15, 0.2) is 0 Å². The van der Waals surface area contributed by atoms with E-state index in [-0.39, 0.29) is 5.28 Å². The molecule has 1 saturated heterocycles. The lowest BCUT2D eigenvalue weighted by molar-refractivity contribution is 0.122. The Morgan fingerprint density at radius 2 is 1.75 bits per heavy atom. The van der Waals surface area contributed by atoms with Gasteiger partial charge in [0.25, 0.3) is 0 Å². The molecule has 7 heteroatoms. The lowest BCUT2D eigenvalue weighted by atomic mass is 10.4. The fourth-order valence-electron chi connectivity index (χ4n) is 2.13. The van der Waals surface area contributed by atoms with E-state index in [1.165, 1.54) is 0 Å². The number of fused-ring (bicyclic) bond motifs is 1. The molecule has 0 aliphatic carbocycles. The normalized spacial score (nSPS) is 15.2. The Kier molecular flexibility index (Phi) is 4.77. The summed E-state index contributed by atoms with van der Waals surface area (Å²) in [6.07, 6.45) is 0. The van der Waals surface area contributed by atoms with Crippen molar-refractivity contribution in [2.24, 2.45) is 7.05 Å². The Bertz CT molecular complexity index is 592. The van der Waals surface area contributed by atoms with E-state index in [1.807, 2.05) is 32.4 Å². The van der Waals surface area contributed by atoms with Crippen LogP contribution in [0.1, 0.15) is 19.7 Å². The Morgan fingerprint density at radius 1 is 1.10 bits per heavy atom. The Hall–Kier alpha value is -1.40. The van der Waals surface area contributed by atoms with Crippen molar-refractivity contribution >= 4 is 28.6 Å². The minimum atomic E-state index is 0.256. The number of aromatic nitrogens is 4. The van der Waals surface area contributed by atoms with Crippen LogP contribution in [0, 0.1) is 6.92 Å². The zero-order valence-electron chi connectivity index (χ0n) is 12.4. The standard InChI is InChI=1S/C11H14ClN5O.C2H6/c1-7-13-8-9(16(7)2)14-11(12)15-10(8)17-3-5-18-6-4-17;1-2/h3-6H2,1-2H3;1-2H3. The van der Waals surface area contributed by atoms with Crippen LogP contribution >= 0.6 is 11.6 Å². The molecule has 0 radical (unpaired) electrons. The molecule has 0 saturated carbocycles. The number of morpholine rings is 1. The fraction of sp³-hybridized carbons (Fsp3) is 0.615. The smallest absolute Gasteiger partial charge is 0.226 e. The zero-order chi connectivity index (χ0) is 14.7. The minimum absolute atomic E-state index is 0.256. The molecule has 20 heavy (non-hydrogen) atoms. The number of ether oxygens (including phenoxy) is 1. The molecule has 0 aromatic carbocycles. The van der Waals surface area contributed by atoms with Crippen LogP contribution in [-0.4, -0.2) is 45.8 Å². The predicted octanol–water partition coefficient (Wildman–Crippen LogP) is 2.19. The highest BCUT2D eigenvalue weighted by molar-refractivity contribution is 6.28. The van der Waals surface area contributed by atoms with Gasteiger partial charge in [0.05, 0.1) is 13.2 Å². The van der Waals surface area contributed by atoms with Gasteiger partial charge in [-0.25, -0.2) is 4.98 Å². The molecule has 0 amide bonds. The minimum Gasteiger partial charge on any atom is -0.378 e. The van der Waals surface area contributed by atoms with Crippen molar-refractivity contribution < 1.29 is 4.74 Å². The second-order valence-corrected chi connectivity index (χ2v) is 4.64. The third-order valence-corrected chi connectivity index (χ3v) is 3.38. The zero-order valence-corrected chi connectivity index (χ0v) is 13.1. The van der Waals surface area contributed by atoms with Gasteiger partial charge >= 0.3 is 0 Å². The van der Waals surface area contributed by atoms with Gasteiger partial charge in [-0.15, -0.1) is 0 Å². The molecular formula is C13H20ClN5O. The van der Waals surface area contributed by atoms with Gasteiger partial charge in [0.15, 0.2) is 17.0 Å². The van der Waals surface area contributed by atoms with E-state index >= 15 is 0 Å². The Labute approximate surface area is 123 Å². The summed E-state index contributed by atoms with van der Waals surface area (Å²) in [5, 5.41) is 0.256. The van der Waals surface area contributed by atoms with E-state index in [0.717, 1.165) is 35.9 Å². The molecule has 1 aliphatic rings. The molecule has 0 atom stereocenters. The number of rotatable bonds is 1. The summed E-state index contributed by atoms with van der Waals surface area (Å²) in [7, 11) is 1.93. The van der Waals surface area contributed by atoms with Crippen molar-refractivity contribution in [1.29, 1.82) is 0 Å². The van der Waals surface area contributed by atoms with Crippen LogP contribution in [0.4, 0.5) is 5.82 Å². The first kappa shape index (κ1) is 15.0. The maximum atomic E-state index is 6.00. The number of anilines is 1. The van der Waals surface area contributed by atoms with Crippen molar-refractivity contribution in [3.8, 4) is 0 Å². The summed E-state index contributed by atoms with van der Waals surface area (Å²) >= 11 is 6.00. The molecule has 0 spiro atoms.